The summed E-state index contributed by atoms with van der Waals surface area (Å²) in [6.45, 7) is 1.86. The average molecular weight is 442 g/mol. The van der Waals surface area contributed by atoms with E-state index in [-0.39, 0.29) is 0 Å². The molecular formula is C10H5Br3ClN3. The molecule has 0 radical (unpaired) electrons. The second-order valence-corrected chi connectivity index (χ2v) is 6.14. The quantitative estimate of drug-likeness (QED) is 0.597. The Kier molecular flexibility index (Phi) is 4.18. The Bertz CT molecular complexity index is 566. The van der Waals surface area contributed by atoms with Gasteiger partial charge in [-0.25, -0.2) is 9.97 Å². The van der Waals surface area contributed by atoms with Crippen molar-refractivity contribution in [2.24, 2.45) is 0 Å². The van der Waals surface area contributed by atoms with Crippen LogP contribution in [-0.2, 0) is 0 Å². The number of halogens is 4. The second-order valence-electron chi connectivity index (χ2n) is 3.22. The van der Waals surface area contributed by atoms with Gasteiger partial charge < -0.3 is 0 Å². The molecule has 0 unspecified atom stereocenters. The summed E-state index contributed by atoms with van der Waals surface area (Å²) in [6, 6.07) is 1.89. The Morgan fingerprint density at radius 2 is 1.88 bits per heavy atom. The van der Waals surface area contributed by atoms with Crippen molar-refractivity contribution < 1.29 is 0 Å². The summed E-state index contributed by atoms with van der Waals surface area (Å²) in [7, 11) is 0. The van der Waals surface area contributed by atoms with E-state index >= 15 is 0 Å². The smallest absolute Gasteiger partial charge is 0.181 e. The Morgan fingerprint density at radius 1 is 1.18 bits per heavy atom. The van der Waals surface area contributed by atoms with Gasteiger partial charge in [0.2, 0.25) is 0 Å². The molecule has 0 aliphatic carbocycles. The SMILES string of the molecule is Cc1nc(-c2ncc(Br)cc2Br)nc(Cl)c1Br. The zero-order valence-electron chi connectivity index (χ0n) is 8.51. The molecule has 0 spiro atoms. The first kappa shape index (κ1) is 13.4. The molecule has 2 heterocycles. The lowest BCUT2D eigenvalue weighted by Gasteiger charge is -2.06. The fraction of sp³-hybridized carbons (Fsp3) is 0.100. The first-order valence-corrected chi connectivity index (χ1v) is 7.26. The molecule has 2 aromatic heterocycles. The molecule has 7 heteroatoms. The highest BCUT2D eigenvalue weighted by atomic mass is 79.9. The van der Waals surface area contributed by atoms with Gasteiger partial charge in [0.05, 0.1) is 10.2 Å². The normalized spacial score (nSPS) is 10.6. The van der Waals surface area contributed by atoms with Crippen LogP contribution in [0.1, 0.15) is 5.69 Å². The summed E-state index contributed by atoms with van der Waals surface area (Å²) in [4.78, 5) is 12.8. The van der Waals surface area contributed by atoms with Crippen LogP contribution in [0.4, 0.5) is 0 Å². The zero-order valence-corrected chi connectivity index (χ0v) is 14.0. The van der Waals surface area contributed by atoms with Crippen molar-refractivity contribution >= 4 is 59.4 Å². The predicted octanol–water partition coefficient (Wildman–Crippen LogP) is 4.79. The van der Waals surface area contributed by atoms with Gasteiger partial charge in [0, 0.05) is 15.1 Å². The number of rotatable bonds is 1. The number of nitrogens with zero attached hydrogens (tertiary/aromatic N) is 3. The summed E-state index contributed by atoms with van der Waals surface area (Å²) in [5.74, 6) is 0.495. The van der Waals surface area contributed by atoms with E-state index in [9.17, 15) is 0 Å². The minimum Gasteiger partial charge on any atom is -0.251 e. The molecule has 17 heavy (non-hydrogen) atoms. The average Bonchev–Trinajstić information content (AvgIpc) is 2.25. The van der Waals surface area contributed by atoms with Gasteiger partial charge in [-0.2, -0.15) is 0 Å². The molecular weight excluding hydrogens is 437 g/mol. The van der Waals surface area contributed by atoms with Crippen molar-refractivity contribution in [3.63, 3.8) is 0 Å². The van der Waals surface area contributed by atoms with E-state index in [1.807, 2.05) is 13.0 Å². The molecule has 3 nitrogen and oxygen atoms in total. The highest BCUT2D eigenvalue weighted by Crippen LogP contribution is 2.30. The minimum absolute atomic E-state index is 0.379. The Hall–Kier alpha value is -0.0400. The topological polar surface area (TPSA) is 38.7 Å². The second kappa shape index (κ2) is 5.30. The number of aryl methyl sites for hydroxylation is 1. The van der Waals surface area contributed by atoms with Crippen molar-refractivity contribution in [1.29, 1.82) is 0 Å². The highest BCUT2D eigenvalue weighted by Gasteiger charge is 2.13. The van der Waals surface area contributed by atoms with Crippen LogP contribution in [0.3, 0.4) is 0 Å². The molecule has 88 valence electrons. The molecule has 0 amide bonds. The maximum atomic E-state index is 6.00. The van der Waals surface area contributed by atoms with Crippen LogP contribution in [0.2, 0.25) is 5.15 Å². The van der Waals surface area contributed by atoms with Gasteiger partial charge in [0.15, 0.2) is 5.82 Å². The van der Waals surface area contributed by atoms with Gasteiger partial charge in [0.1, 0.15) is 10.8 Å². The largest absolute Gasteiger partial charge is 0.251 e. The predicted molar refractivity (Wildman–Crippen MR) is 78.1 cm³/mol. The Morgan fingerprint density at radius 3 is 2.47 bits per heavy atom. The van der Waals surface area contributed by atoms with E-state index in [4.69, 9.17) is 11.6 Å². The van der Waals surface area contributed by atoms with E-state index in [2.05, 4.69) is 62.7 Å². The zero-order chi connectivity index (χ0) is 12.6. The van der Waals surface area contributed by atoms with Crippen molar-refractivity contribution in [2.75, 3.05) is 0 Å². The monoisotopic (exact) mass is 439 g/mol. The molecule has 0 aliphatic heterocycles. The fourth-order valence-corrected chi connectivity index (χ4v) is 2.77. The summed E-state index contributed by atoms with van der Waals surface area (Å²) >= 11 is 16.1. The third-order valence-electron chi connectivity index (χ3n) is 2.00. The van der Waals surface area contributed by atoms with Crippen LogP contribution in [0, 0.1) is 6.92 Å². The molecule has 0 N–H and O–H groups in total. The van der Waals surface area contributed by atoms with Crippen molar-refractivity contribution in [2.45, 2.75) is 6.92 Å². The molecule has 0 saturated carbocycles. The summed E-state index contributed by atoms with van der Waals surface area (Å²) < 4.78 is 2.40. The maximum absolute atomic E-state index is 6.00. The third kappa shape index (κ3) is 2.86. The minimum atomic E-state index is 0.379. The van der Waals surface area contributed by atoms with Gasteiger partial charge in [-0.3, -0.25) is 4.98 Å². The number of hydrogen-bond acceptors (Lipinski definition) is 3. The summed E-state index contributed by atoms with van der Waals surface area (Å²) in [5, 5.41) is 0.379. The van der Waals surface area contributed by atoms with E-state index < -0.39 is 0 Å². The lowest BCUT2D eigenvalue weighted by molar-refractivity contribution is 1.07. The first-order valence-electron chi connectivity index (χ1n) is 4.50. The first-order chi connectivity index (χ1) is 7.99. The number of aromatic nitrogens is 3. The van der Waals surface area contributed by atoms with Crippen LogP contribution >= 0.6 is 59.4 Å². The van der Waals surface area contributed by atoms with Crippen LogP contribution in [0.25, 0.3) is 11.5 Å². The van der Waals surface area contributed by atoms with E-state index in [0.29, 0.717) is 21.1 Å². The van der Waals surface area contributed by atoms with Crippen molar-refractivity contribution in [3.05, 3.63) is 36.5 Å². The number of pyridine rings is 1. The van der Waals surface area contributed by atoms with Crippen LogP contribution in [0.5, 0.6) is 0 Å². The van der Waals surface area contributed by atoms with Crippen LogP contribution < -0.4 is 0 Å². The van der Waals surface area contributed by atoms with E-state index in [1.54, 1.807) is 6.20 Å². The van der Waals surface area contributed by atoms with Gasteiger partial charge in [-0.1, -0.05) is 11.6 Å². The Labute approximate surface area is 128 Å². The van der Waals surface area contributed by atoms with Crippen LogP contribution in [0.15, 0.2) is 25.7 Å². The van der Waals surface area contributed by atoms with Gasteiger partial charge in [-0.05, 0) is 60.8 Å². The van der Waals surface area contributed by atoms with Gasteiger partial charge in [-0.15, -0.1) is 0 Å². The van der Waals surface area contributed by atoms with Crippen molar-refractivity contribution in [3.8, 4) is 11.5 Å². The molecule has 0 saturated heterocycles. The molecule has 2 aromatic rings. The summed E-state index contributed by atoms with van der Waals surface area (Å²) in [5.41, 5.74) is 1.43. The van der Waals surface area contributed by atoms with Gasteiger partial charge in [0.25, 0.3) is 0 Å². The fourth-order valence-electron chi connectivity index (χ4n) is 1.21. The molecule has 0 bridgehead atoms. The Balaban J connectivity index is 2.61. The maximum Gasteiger partial charge on any atom is 0.181 e. The van der Waals surface area contributed by atoms with E-state index in [0.717, 1.165) is 14.6 Å². The third-order valence-corrected chi connectivity index (χ3v) is 4.49. The van der Waals surface area contributed by atoms with E-state index in [1.165, 1.54) is 0 Å². The lowest BCUT2D eigenvalue weighted by Crippen LogP contribution is -1.97. The summed E-state index contributed by atoms with van der Waals surface area (Å²) in [6.07, 6.45) is 1.69. The highest BCUT2D eigenvalue weighted by molar-refractivity contribution is 9.11. The number of hydrogen-bond donors (Lipinski definition) is 0. The van der Waals surface area contributed by atoms with Crippen LogP contribution in [-0.4, -0.2) is 15.0 Å². The molecule has 2 rings (SSSR count). The van der Waals surface area contributed by atoms with Crippen molar-refractivity contribution in [1.82, 2.24) is 15.0 Å². The lowest BCUT2D eigenvalue weighted by atomic mass is 10.3. The van der Waals surface area contributed by atoms with Gasteiger partial charge >= 0.3 is 0 Å². The molecule has 0 atom stereocenters. The molecule has 0 aromatic carbocycles. The molecule has 0 aliphatic rings. The standard InChI is InChI=1S/C10H5Br3ClN3/c1-4-7(13)9(14)17-10(16-4)8-6(12)2-5(11)3-15-8/h2-3H,1H3. The molecule has 0 fully saturated rings.